The summed E-state index contributed by atoms with van der Waals surface area (Å²) >= 11 is 0. The lowest BCUT2D eigenvalue weighted by atomic mass is 9.85. The van der Waals surface area contributed by atoms with Gasteiger partial charge in [0.05, 0.1) is 6.42 Å². The van der Waals surface area contributed by atoms with Gasteiger partial charge in [-0.1, -0.05) is 18.2 Å². The molecule has 3 aromatic heterocycles. The number of rotatable bonds is 7. The second-order valence-electron chi connectivity index (χ2n) is 11.8. The molecule has 0 bridgehead atoms. The van der Waals surface area contributed by atoms with Gasteiger partial charge in [0, 0.05) is 44.0 Å². The van der Waals surface area contributed by atoms with E-state index in [2.05, 4.69) is 20.1 Å². The summed E-state index contributed by atoms with van der Waals surface area (Å²) in [5.74, 6) is -1.64. The highest BCUT2D eigenvalue weighted by molar-refractivity contribution is 7.89. The molecule has 10 nitrogen and oxygen atoms in total. The van der Waals surface area contributed by atoms with Gasteiger partial charge in [-0.25, -0.2) is 22.2 Å². The number of sulfonamides is 1. The lowest BCUT2D eigenvalue weighted by molar-refractivity contribution is -0.137. The zero-order valence-electron chi connectivity index (χ0n) is 24.7. The molecule has 0 unspecified atom stereocenters. The van der Waals surface area contributed by atoms with E-state index in [-0.39, 0.29) is 29.6 Å². The molecule has 1 fully saturated rings. The van der Waals surface area contributed by atoms with Gasteiger partial charge in [0.1, 0.15) is 10.7 Å². The first-order valence-electron chi connectivity index (χ1n) is 14.6. The molecule has 4 aromatic rings. The summed E-state index contributed by atoms with van der Waals surface area (Å²) in [6.07, 6.45) is 2.92. The maximum Gasteiger partial charge on any atom is 0.304 e. The average Bonchev–Trinajstić information content (AvgIpc) is 3.40. The molecule has 1 saturated heterocycles. The number of nitrogens with zero attached hydrogens (tertiary/aromatic N) is 6. The molecular formula is C31H34F2N6O4S. The normalized spacial score (nSPS) is 19.0. The Morgan fingerprint density at radius 1 is 1.11 bits per heavy atom. The molecule has 2 atom stereocenters. The summed E-state index contributed by atoms with van der Waals surface area (Å²) < 4.78 is 58.0. The fourth-order valence-electron chi connectivity index (χ4n) is 6.52. The number of aliphatic carboxylic acids is 1. The molecule has 2 aliphatic rings. The van der Waals surface area contributed by atoms with E-state index in [1.54, 1.807) is 25.3 Å². The number of carboxylic acid groups (broad SMARTS) is 1. The Balaban J connectivity index is 1.40. The minimum atomic E-state index is -3.90. The standard InChI is InChI=1S/C31H34F2N6O4S/c1-18-12-26-30(34-15-18)38-10-5-4-6-23(38)17-37(44(26,42)43)16-22-13-21(8-7-19(22)2)25(14-27(40)41)24-9-11-39-29(20(24)3)35-36-31(39)28(32)33/h7-9,11-13,15,23,25,28H,4-6,10,14,16-17H2,1-3H3,(H,40,41)/t23-,25-/m0/s1. The quantitative estimate of drug-likeness (QED) is 0.300. The molecule has 1 N–H and O–H groups in total. The number of halogens is 2. The monoisotopic (exact) mass is 624 g/mol. The molecular weight excluding hydrogens is 590 g/mol. The zero-order chi connectivity index (χ0) is 31.3. The van der Waals surface area contributed by atoms with Crippen molar-refractivity contribution in [3.63, 3.8) is 0 Å². The third-order valence-corrected chi connectivity index (χ3v) is 10.7. The van der Waals surface area contributed by atoms with E-state index in [1.807, 2.05) is 32.0 Å². The van der Waals surface area contributed by atoms with E-state index in [9.17, 15) is 27.1 Å². The largest absolute Gasteiger partial charge is 0.481 e. The fourth-order valence-corrected chi connectivity index (χ4v) is 8.21. The van der Waals surface area contributed by atoms with Crippen LogP contribution >= 0.6 is 0 Å². The van der Waals surface area contributed by atoms with E-state index in [0.717, 1.165) is 42.5 Å². The van der Waals surface area contributed by atoms with Crippen LogP contribution in [0, 0.1) is 20.8 Å². The number of piperidine rings is 1. The molecule has 1 aromatic carbocycles. The van der Waals surface area contributed by atoms with Gasteiger partial charge < -0.3 is 10.0 Å². The number of aromatic nitrogens is 4. The maximum absolute atomic E-state index is 14.2. The average molecular weight is 625 g/mol. The Morgan fingerprint density at radius 3 is 2.66 bits per heavy atom. The number of carbonyl (C=O) groups is 1. The van der Waals surface area contributed by atoms with Crippen molar-refractivity contribution < 1.29 is 27.1 Å². The highest BCUT2D eigenvalue weighted by atomic mass is 32.2. The number of alkyl halides is 2. The number of carboxylic acids is 1. The Morgan fingerprint density at radius 2 is 1.91 bits per heavy atom. The van der Waals surface area contributed by atoms with Crippen LogP contribution in [0.3, 0.4) is 0 Å². The molecule has 0 saturated carbocycles. The minimum Gasteiger partial charge on any atom is -0.481 e. The predicted octanol–water partition coefficient (Wildman–Crippen LogP) is 5.16. The fraction of sp³-hybridized carbons (Fsp3) is 0.419. The molecule has 0 spiro atoms. The summed E-state index contributed by atoms with van der Waals surface area (Å²) in [5, 5.41) is 17.4. The molecule has 2 aliphatic heterocycles. The van der Waals surface area contributed by atoms with Gasteiger partial charge in [-0.15, -0.1) is 10.2 Å². The molecule has 13 heteroatoms. The van der Waals surface area contributed by atoms with Crippen molar-refractivity contribution >= 4 is 27.5 Å². The van der Waals surface area contributed by atoms with Crippen molar-refractivity contribution in [3.8, 4) is 0 Å². The Labute approximate surface area is 254 Å². The summed E-state index contributed by atoms with van der Waals surface area (Å²) in [5.41, 5.74) is 4.48. The number of pyridine rings is 2. The zero-order valence-corrected chi connectivity index (χ0v) is 25.6. The van der Waals surface area contributed by atoms with Crippen LogP contribution in [-0.2, 0) is 21.4 Å². The summed E-state index contributed by atoms with van der Waals surface area (Å²) in [4.78, 5) is 19.0. The van der Waals surface area contributed by atoms with E-state index in [4.69, 9.17) is 0 Å². The van der Waals surface area contributed by atoms with Gasteiger partial charge >= 0.3 is 5.97 Å². The van der Waals surface area contributed by atoms with Crippen LogP contribution in [-0.4, -0.2) is 62.5 Å². The predicted molar refractivity (Wildman–Crippen MR) is 160 cm³/mol. The van der Waals surface area contributed by atoms with E-state index >= 15 is 0 Å². The van der Waals surface area contributed by atoms with Gasteiger partial charge in [0.2, 0.25) is 15.8 Å². The summed E-state index contributed by atoms with van der Waals surface area (Å²) in [6.45, 7) is 6.62. The van der Waals surface area contributed by atoms with Gasteiger partial charge in [0.25, 0.3) is 6.43 Å². The van der Waals surface area contributed by atoms with Crippen molar-refractivity contribution in [2.45, 2.75) is 76.3 Å². The first kappa shape index (κ1) is 30.1. The molecule has 5 heterocycles. The van der Waals surface area contributed by atoms with Gasteiger partial charge in [-0.2, -0.15) is 4.31 Å². The lowest BCUT2D eigenvalue weighted by Crippen LogP contribution is -2.45. The summed E-state index contributed by atoms with van der Waals surface area (Å²) in [6, 6.07) is 8.90. The van der Waals surface area contributed by atoms with Crippen LogP contribution in [0.25, 0.3) is 5.65 Å². The van der Waals surface area contributed by atoms with Crippen LogP contribution in [0.5, 0.6) is 0 Å². The van der Waals surface area contributed by atoms with Crippen molar-refractivity contribution in [1.82, 2.24) is 23.9 Å². The second kappa shape index (κ2) is 11.5. The van der Waals surface area contributed by atoms with E-state index in [1.165, 1.54) is 14.9 Å². The molecule has 0 aliphatic carbocycles. The van der Waals surface area contributed by atoms with Gasteiger partial charge in [0.15, 0.2) is 5.65 Å². The third-order valence-electron chi connectivity index (χ3n) is 8.87. The van der Waals surface area contributed by atoms with Crippen molar-refractivity contribution in [1.29, 1.82) is 0 Å². The van der Waals surface area contributed by atoms with E-state index in [0.29, 0.717) is 29.1 Å². The first-order chi connectivity index (χ1) is 21.0. The van der Waals surface area contributed by atoms with Crippen LogP contribution in [0.4, 0.5) is 14.6 Å². The van der Waals surface area contributed by atoms with E-state index < -0.39 is 34.2 Å². The Bertz CT molecular complexity index is 1860. The van der Waals surface area contributed by atoms with Crippen molar-refractivity contribution in [2.75, 3.05) is 18.0 Å². The van der Waals surface area contributed by atoms with Crippen LogP contribution in [0.2, 0.25) is 0 Å². The Kier molecular flexibility index (Phi) is 7.87. The van der Waals surface area contributed by atoms with Gasteiger partial charge in [-0.3, -0.25) is 9.20 Å². The van der Waals surface area contributed by atoms with Crippen LogP contribution < -0.4 is 4.90 Å². The first-order valence-corrected chi connectivity index (χ1v) is 16.1. The number of fused-ring (bicyclic) bond motifs is 4. The lowest BCUT2D eigenvalue weighted by Gasteiger charge is -2.36. The maximum atomic E-state index is 14.2. The topological polar surface area (TPSA) is 121 Å². The number of hydrogen-bond acceptors (Lipinski definition) is 7. The van der Waals surface area contributed by atoms with Crippen molar-refractivity contribution in [3.05, 3.63) is 81.9 Å². The van der Waals surface area contributed by atoms with Gasteiger partial charge in [-0.05, 0) is 85.5 Å². The number of anilines is 1. The molecule has 0 radical (unpaired) electrons. The minimum absolute atomic E-state index is 0.00566. The highest BCUT2D eigenvalue weighted by Gasteiger charge is 2.39. The van der Waals surface area contributed by atoms with Crippen LogP contribution in [0.15, 0.2) is 47.6 Å². The number of aryl methyl sites for hydroxylation is 3. The smallest absolute Gasteiger partial charge is 0.304 e. The molecule has 232 valence electrons. The molecule has 6 rings (SSSR count). The molecule has 0 amide bonds. The SMILES string of the molecule is Cc1cnc2c(c1)S(=O)(=O)N(Cc1cc([C@H](CC(=O)O)c3ccn4c(C(F)F)nnc4c3C)ccc1C)C[C@@H]1CCCCN21. The van der Waals surface area contributed by atoms with Crippen LogP contribution in [0.1, 0.15) is 77.2 Å². The van der Waals surface area contributed by atoms with Crippen molar-refractivity contribution in [2.24, 2.45) is 0 Å². The molecule has 44 heavy (non-hydrogen) atoms. The summed E-state index contributed by atoms with van der Waals surface area (Å²) in [7, 11) is -3.90. The highest BCUT2D eigenvalue weighted by Crippen LogP contribution is 2.38. The Hall–Kier alpha value is -3.97. The second-order valence-corrected chi connectivity index (χ2v) is 13.7. The third kappa shape index (κ3) is 5.32. The number of hydrogen-bond donors (Lipinski definition) is 1. The number of benzene rings is 1.